The number of nitrogens with one attached hydrogen (secondary N) is 1. The van der Waals surface area contributed by atoms with Gasteiger partial charge in [0.2, 0.25) is 0 Å². The number of ether oxygens (including phenoxy) is 1. The van der Waals surface area contributed by atoms with E-state index in [1.165, 1.54) is 12.8 Å². The average molecular weight is 305 g/mol. The van der Waals surface area contributed by atoms with Crippen LogP contribution in [0, 0.1) is 5.92 Å². The number of halogens is 2. The average Bonchev–Trinajstić information content (AvgIpc) is 3.07. The minimum absolute atomic E-state index is 0.389. The Kier molecular flexibility index (Phi) is 4.11. The quantitative estimate of drug-likeness (QED) is 0.889. The van der Waals surface area contributed by atoms with Gasteiger partial charge < -0.3 is 10.1 Å². The van der Waals surface area contributed by atoms with Crippen LogP contribution in [0.25, 0.3) is 0 Å². The van der Waals surface area contributed by atoms with E-state index in [0.717, 1.165) is 27.7 Å². The highest BCUT2D eigenvalue weighted by Crippen LogP contribution is 2.37. The maximum absolute atomic E-state index is 6.05. The third-order valence-corrected chi connectivity index (χ3v) is 4.23. The van der Waals surface area contributed by atoms with E-state index in [1.807, 2.05) is 18.2 Å². The van der Waals surface area contributed by atoms with Gasteiger partial charge in [-0.1, -0.05) is 17.7 Å². The molecule has 1 aromatic rings. The summed E-state index contributed by atoms with van der Waals surface area (Å²) < 4.78 is 6.17. The van der Waals surface area contributed by atoms with E-state index in [0.29, 0.717) is 6.04 Å². The molecule has 1 aromatic carbocycles. The molecule has 1 aliphatic carbocycles. The van der Waals surface area contributed by atoms with Crippen molar-refractivity contribution in [3.05, 3.63) is 27.7 Å². The molecule has 2 nitrogen and oxygen atoms in total. The molecule has 2 rings (SSSR count). The van der Waals surface area contributed by atoms with Crippen molar-refractivity contribution in [3.63, 3.8) is 0 Å². The van der Waals surface area contributed by atoms with Crippen molar-refractivity contribution in [2.75, 3.05) is 19.0 Å². The molecule has 0 radical (unpaired) electrons. The summed E-state index contributed by atoms with van der Waals surface area (Å²) in [5.41, 5.74) is 1.04. The fourth-order valence-corrected chi connectivity index (χ4v) is 2.34. The molecule has 0 spiro atoms. The van der Waals surface area contributed by atoms with Crippen molar-refractivity contribution in [1.82, 2.24) is 0 Å². The Morgan fingerprint density at radius 2 is 2.31 bits per heavy atom. The predicted octanol–water partition coefficient (Wildman–Crippen LogP) is 3.94. The molecule has 1 unspecified atom stereocenters. The highest BCUT2D eigenvalue weighted by Gasteiger charge is 2.31. The molecule has 4 heteroatoms. The zero-order valence-corrected chi connectivity index (χ0v) is 11.5. The smallest absolute Gasteiger partial charge is 0.0666 e. The summed E-state index contributed by atoms with van der Waals surface area (Å²) in [5, 5.41) is 4.23. The fraction of sp³-hybridized carbons (Fsp3) is 0.500. The molecule has 88 valence electrons. The summed E-state index contributed by atoms with van der Waals surface area (Å²) in [5.74, 6) is 0.742. The van der Waals surface area contributed by atoms with Crippen molar-refractivity contribution in [3.8, 4) is 0 Å². The van der Waals surface area contributed by atoms with Crippen molar-refractivity contribution in [2.24, 2.45) is 5.92 Å². The van der Waals surface area contributed by atoms with Gasteiger partial charge in [-0.05, 0) is 46.8 Å². The van der Waals surface area contributed by atoms with Crippen LogP contribution in [0.4, 0.5) is 5.69 Å². The molecule has 0 saturated heterocycles. The second kappa shape index (κ2) is 5.39. The van der Waals surface area contributed by atoms with Crippen LogP contribution in [0.2, 0.25) is 5.02 Å². The third-order valence-electron chi connectivity index (χ3n) is 2.83. The standard InChI is InChI=1S/C12H15BrClNO/c1-16-7-11(8-5-6-8)15-10-4-2-3-9(14)12(10)13/h2-4,8,11,15H,5-7H2,1H3. The monoisotopic (exact) mass is 303 g/mol. The molecular formula is C12H15BrClNO. The normalized spacial score (nSPS) is 17.2. The zero-order valence-electron chi connectivity index (χ0n) is 9.17. The van der Waals surface area contributed by atoms with Gasteiger partial charge in [-0.25, -0.2) is 0 Å². The summed E-state index contributed by atoms with van der Waals surface area (Å²) in [6, 6.07) is 6.24. The number of benzene rings is 1. The summed E-state index contributed by atoms with van der Waals surface area (Å²) in [6.07, 6.45) is 2.58. The fourth-order valence-electron chi connectivity index (χ4n) is 1.79. The topological polar surface area (TPSA) is 21.3 Å². The van der Waals surface area contributed by atoms with Gasteiger partial charge in [0.1, 0.15) is 0 Å². The third kappa shape index (κ3) is 2.90. The first-order valence-corrected chi connectivity index (χ1v) is 6.59. The lowest BCUT2D eigenvalue weighted by atomic mass is 10.2. The number of methoxy groups -OCH3 is 1. The zero-order chi connectivity index (χ0) is 11.5. The first-order valence-electron chi connectivity index (χ1n) is 5.42. The SMILES string of the molecule is COCC(Nc1cccc(Cl)c1Br)C1CC1. The van der Waals surface area contributed by atoms with Crippen molar-refractivity contribution >= 4 is 33.2 Å². The molecule has 1 N–H and O–H groups in total. The van der Waals surface area contributed by atoms with Gasteiger partial charge in [0.05, 0.1) is 27.8 Å². The second-order valence-corrected chi connectivity index (χ2v) is 5.35. The Balaban J connectivity index is 2.08. The summed E-state index contributed by atoms with van der Waals surface area (Å²) in [7, 11) is 1.74. The Morgan fingerprint density at radius 3 is 2.94 bits per heavy atom. The van der Waals surface area contributed by atoms with Gasteiger partial charge in [0.15, 0.2) is 0 Å². The number of rotatable bonds is 5. The maximum atomic E-state index is 6.05. The van der Waals surface area contributed by atoms with Gasteiger partial charge in [-0.15, -0.1) is 0 Å². The van der Waals surface area contributed by atoms with Crippen LogP contribution >= 0.6 is 27.5 Å². The Labute approximate surface area is 109 Å². The molecule has 1 fully saturated rings. The summed E-state index contributed by atoms with van der Waals surface area (Å²) >= 11 is 9.55. The molecule has 0 bridgehead atoms. The lowest BCUT2D eigenvalue weighted by Gasteiger charge is -2.19. The Hall–Kier alpha value is -0.250. The van der Waals surface area contributed by atoms with Crippen LogP contribution in [0.1, 0.15) is 12.8 Å². The predicted molar refractivity (Wildman–Crippen MR) is 71.2 cm³/mol. The van der Waals surface area contributed by atoms with Gasteiger partial charge in [0, 0.05) is 7.11 Å². The molecule has 0 aromatic heterocycles. The van der Waals surface area contributed by atoms with Gasteiger partial charge in [-0.2, -0.15) is 0 Å². The van der Waals surface area contributed by atoms with E-state index >= 15 is 0 Å². The Bertz CT molecular complexity index is 368. The minimum Gasteiger partial charge on any atom is -0.383 e. The van der Waals surface area contributed by atoms with Crippen LogP contribution in [0.3, 0.4) is 0 Å². The molecule has 1 saturated carbocycles. The second-order valence-electron chi connectivity index (χ2n) is 4.14. The van der Waals surface area contributed by atoms with Crippen molar-refractivity contribution in [2.45, 2.75) is 18.9 Å². The van der Waals surface area contributed by atoms with E-state index in [9.17, 15) is 0 Å². The van der Waals surface area contributed by atoms with Gasteiger partial charge >= 0.3 is 0 Å². The van der Waals surface area contributed by atoms with E-state index < -0.39 is 0 Å². The highest BCUT2D eigenvalue weighted by molar-refractivity contribution is 9.10. The van der Waals surface area contributed by atoms with E-state index in [2.05, 4.69) is 21.2 Å². The van der Waals surface area contributed by atoms with Gasteiger partial charge in [0.25, 0.3) is 0 Å². The summed E-state index contributed by atoms with van der Waals surface area (Å²) in [4.78, 5) is 0. The molecule has 16 heavy (non-hydrogen) atoms. The number of hydrogen-bond donors (Lipinski definition) is 1. The molecule has 0 amide bonds. The molecular weight excluding hydrogens is 289 g/mol. The Morgan fingerprint density at radius 1 is 1.56 bits per heavy atom. The first-order chi connectivity index (χ1) is 7.72. The van der Waals surface area contributed by atoms with Crippen LogP contribution in [0.5, 0.6) is 0 Å². The lowest BCUT2D eigenvalue weighted by Crippen LogP contribution is -2.27. The van der Waals surface area contributed by atoms with Crippen LogP contribution in [-0.4, -0.2) is 19.8 Å². The van der Waals surface area contributed by atoms with E-state index in [-0.39, 0.29) is 0 Å². The van der Waals surface area contributed by atoms with Crippen LogP contribution < -0.4 is 5.32 Å². The largest absolute Gasteiger partial charge is 0.383 e. The van der Waals surface area contributed by atoms with E-state index in [4.69, 9.17) is 16.3 Å². The molecule has 0 heterocycles. The maximum Gasteiger partial charge on any atom is 0.0666 e. The van der Waals surface area contributed by atoms with Crippen molar-refractivity contribution < 1.29 is 4.74 Å². The highest BCUT2D eigenvalue weighted by atomic mass is 79.9. The number of hydrogen-bond acceptors (Lipinski definition) is 2. The van der Waals surface area contributed by atoms with Crippen LogP contribution in [0.15, 0.2) is 22.7 Å². The molecule has 0 aliphatic heterocycles. The van der Waals surface area contributed by atoms with Gasteiger partial charge in [-0.3, -0.25) is 0 Å². The van der Waals surface area contributed by atoms with Crippen molar-refractivity contribution in [1.29, 1.82) is 0 Å². The molecule has 1 aliphatic rings. The lowest BCUT2D eigenvalue weighted by molar-refractivity contribution is 0.179. The molecule has 1 atom stereocenters. The number of anilines is 1. The van der Waals surface area contributed by atoms with E-state index in [1.54, 1.807) is 7.11 Å². The first kappa shape index (κ1) is 12.2. The summed E-state index contributed by atoms with van der Waals surface area (Å²) in [6.45, 7) is 0.740. The van der Waals surface area contributed by atoms with Crippen LogP contribution in [-0.2, 0) is 4.74 Å². The minimum atomic E-state index is 0.389.